The standard InChI is InChI=1S/C23H22N2O3/c1-15(26)25-13-18-12-24(14-19(18)22(25)16-7-3-2-4-8-16)23(27)21-11-17-9-5-6-10-20(17)28-21/h2-11,18-19,22H,12-14H2,1H3/t18-,19-,22+/m1/s1. The molecule has 3 heterocycles. The van der Waals surface area contributed by atoms with E-state index < -0.39 is 0 Å². The Morgan fingerprint density at radius 1 is 0.964 bits per heavy atom. The Morgan fingerprint density at radius 2 is 1.71 bits per heavy atom. The van der Waals surface area contributed by atoms with Crippen molar-refractivity contribution < 1.29 is 14.0 Å². The predicted octanol–water partition coefficient (Wildman–Crippen LogP) is 3.72. The number of rotatable bonds is 2. The topological polar surface area (TPSA) is 53.8 Å². The molecule has 5 heteroatoms. The molecule has 0 unspecified atom stereocenters. The minimum absolute atomic E-state index is 0.0252. The second-order valence-corrected chi connectivity index (χ2v) is 7.81. The van der Waals surface area contributed by atoms with Crippen molar-refractivity contribution in [2.45, 2.75) is 13.0 Å². The Bertz CT molecular complexity index is 1010. The van der Waals surface area contributed by atoms with E-state index in [2.05, 4.69) is 12.1 Å². The van der Waals surface area contributed by atoms with E-state index in [9.17, 15) is 9.59 Å². The highest BCUT2D eigenvalue weighted by Crippen LogP contribution is 2.45. The van der Waals surface area contributed by atoms with Crippen molar-refractivity contribution in [2.24, 2.45) is 11.8 Å². The van der Waals surface area contributed by atoms with Gasteiger partial charge in [-0.3, -0.25) is 9.59 Å². The molecule has 2 aliphatic rings. The van der Waals surface area contributed by atoms with Crippen LogP contribution in [0.2, 0.25) is 0 Å². The fourth-order valence-electron chi connectivity index (χ4n) is 4.86. The summed E-state index contributed by atoms with van der Waals surface area (Å²) in [6.07, 6.45) is 0. The number of hydrogen-bond donors (Lipinski definition) is 0. The largest absolute Gasteiger partial charge is 0.451 e. The van der Waals surface area contributed by atoms with Gasteiger partial charge >= 0.3 is 0 Å². The quantitative estimate of drug-likeness (QED) is 0.687. The van der Waals surface area contributed by atoms with Crippen LogP contribution in [0, 0.1) is 11.8 Å². The molecule has 2 aliphatic heterocycles. The van der Waals surface area contributed by atoms with Gasteiger partial charge in [0.05, 0.1) is 6.04 Å². The van der Waals surface area contributed by atoms with Crippen molar-refractivity contribution in [1.82, 2.24) is 9.80 Å². The first-order chi connectivity index (χ1) is 13.6. The molecule has 1 aromatic heterocycles. The summed E-state index contributed by atoms with van der Waals surface area (Å²) in [6, 6.07) is 19.7. The number of nitrogens with zero attached hydrogens (tertiary/aromatic N) is 2. The first kappa shape index (κ1) is 17.0. The fraction of sp³-hybridized carbons (Fsp3) is 0.304. The molecule has 0 saturated carbocycles. The third-order valence-electron chi connectivity index (χ3n) is 6.13. The predicted molar refractivity (Wildman–Crippen MR) is 106 cm³/mol. The molecule has 2 amide bonds. The zero-order valence-corrected chi connectivity index (χ0v) is 15.7. The van der Waals surface area contributed by atoms with Crippen LogP contribution in [-0.2, 0) is 4.79 Å². The average molecular weight is 374 g/mol. The summed E-state index contributed by atoms with van der Waals surface area (Å²) >= 11 is 0. The molecule has 5 nitrogen and oxygen atoms in total. The minimum atomic E-state index is -0.0632. The van der Waals surface area contributed by atoms with E-state index >= 15 is 0 Å². The van der Waals surface area contributed by atoms with Crippen LogP contribution in [0.15, 0.2) is 65.1 Å². The van der Waals surface area contributed by atoms with Gasteiger partial charge in [0.25, 0.3) is 5.91 Å². The van der Waals surface area contributed by atoms with Crippen LogP contribution < -0.4 is 0 Å². The fourth-order valence-corrected chi connectivity index (χ4v) is 4.86. The molecule has 142 valence electrons. The smallest absolute Gasteiger partial charge is 0.289 e. The molecule has 2 aromatic carbocycles. The van der Waals surface area contributed by atoms with E-state index in [0.717, 1.165) is 16.5 Å². The number of likely N-dealkylation sites (tertiary alicyclic amines) is 2. The molecule has 0 N–H and O–H groups in total. The van der Waals surface area contributed by atoms with Crippen LogP contribution in [0.1, 0.15) is 29.1 Å². The average Bonchev–Trinajstić information content (AvgIpc) is 3.39. The minimum Gasteiger partial charge on any atom is -0.451 e. The zero-order valence-electron chi connectivity index (χ0n) is 15.7. The molecule has 0 radical (unpaired) electrons. The van der Waals surface area contributed by atoms with Crippen LogP contribution in [0.5, 0.6) is 0 Å². The van der Waals surface area contributed by atoms with Gasteiger partial charge in [-0.05, 0) is 17.7 Å². The van der Waals surface area contributed by atoms with Gasteiger partial charge in [0, 0.05) is 43.8 Å². The van der Waals surface area contributed by atoms with E-state index in [4.69, 9.17) is 4.42 Å². The lowest BCUT2D eigenvalue weighted by atomic mass is 9.89. The maximum atomic E-state index is 13.1. The van der Waals surface area contributed by atoms with E-state index in [1.165, 1.54) is 0 Å². The first-order valence-electron chi connectivity index (χ1n) is 9.72. The van der Waals surface area contributed by atoms with Crippen molar-refractivity contribution in [3.05, 3.63) is 72.0 Å². The number of carbonyl (C=O) groups excluding carboxylic acids is 2. The molecule has 28 heavy (non-hydrogen) atoms. The third kappa shape index (κ3) is 2.70. The highest BCUT2D eigenvalue weighted by molar-refractivity contribution is 5.96. The molecular formula is C23H22N2O3. The Balaban J connectivity index is 1.41. The maximum Gasteiger partial charge on any atom is 0.289 e. The van der Waals surface area contributed by atoms with Gasteiger partial charge in [0.2, 0.25) is 5.91 Å². The molecular weight excluding hydrogens is 352 g/mol. The van der Waals surface area contributed by atoms with Gasteiger partial charge in [0.1, 0.15) is 5.58 Å². The summed E-state index contributed by atoms with van der Waals surface area (Å²) < 4.78 is 5.78. The molecule has 2 saturated heterocycles. The van der Waals surface area contributed by atoms with Crippen LogP contribution in [0.3, 0.4) is 0 Å². The zero-order chi connectivity index (χ0) is 19.3. The van der Waals surface area contributed by atoms with Crippen molar-refractivity contribution in [1.29, 1.82) is 0 Å². The SMILES string of the molecule is CC(=O)N1C[C@H]2CN(C(=O)c3cc4ccccc4o3)C[C@H]2[C@@H]1c1ccccc1. The number of hydrogen-bond acceptors (Lipinski definition) is 3. The molecule has 3 aromatic rings. The lowest BCUT2D eigenvalue weighted by Gasteiger charge is -2.29. The summed E-state index contributed by atoms with van der Waals surface area (Å²) in [7, 11) is 0. The van der Waals surface area contributed by atoms with E-state index in [1.807, 2.05) is 58.3 Å². The van der Waals surface area contributed by atoms with Gasteiger partial charge in [0.15, 0.2) is 5.76 Å². The Hall–Kier alpha value is -3.08. The van der Waals surface area contributed by atoms with Gasteiger partial charge in [-0.2, -0.15) is 0 Å². The van der Waals surface area contributed by atoms with Gasteiger partial charge in [-0.25, -0.2) is 0 Å². The summed E-state index contributed by atoms with van der Waals surface area (Å²) in [4.78, 5) is 29.1. The number of carbonyl (C=O) groups is 2. The second-order valence-electron chi connectivity index (χ2n) is 7.81. The normalized spacial score (nSPS) is 24.0. The van der Waals surface area contributed by atoms with Crippen LogP contribution >= 0.6 is 0 Å². The van der Waals surface area contributed by atoms with Crippen molar-refractivity contribution in [3.63, 3.8) is 0 Å². The Kier molecular flexibility index (Phi) is 3.97. The van der Waals surface area contributed by atoms with E-state index in [-0.39, 0.29) is 23.8 Å². The lowest BCUT2D eigenvalue weighted by Crippen LogP contribution is -2.36. The van der Waals surface area contributed by atoms with Crippen LogP contribution in [0.25, 0.3) is 11.0 Å². The lowest BCUT2D eigenvalue weighted by molar-refractivity contribution is -0.130. The number of amides is 2. The summed E-state index contributed by atoms with van der Waals surface area (Å²) in [5.41, 5.74) is 1.87. The number of benzene rings is 2. The Labute approximate surface area is 163 Å². The van der Waals surface area contributed by atoms with Crippen molar-refractivity contribution >= 4 is 22.8 Å². The summed E-state index contributed by atoms with van der Waals surface area (Å²) in [5, 5.41) is 0.940. The van der Waals surface area contributed by atoms with Crippen molar-refractivity contribution in [3.8, 4) is 0 Å². The number of furan rings is 1. The van der Waals surface area contributed by atoms with Crippen molar-refractivity contribution in [2.75, 3.05) is 19.6 Å². The first-order valence-corrected chi connectivity index (χ1v) is 9.72. The molecule has 0 aliphatic carbocycles. The van der Waals surface area contributed by atoms with E-state index in [1.54, 1.807) is 6.92 Å². The maximum absolute atomic E-state index is 13.1. The highest BCUT2D eigenvalue weighted by atomic mass is 16.3. The molecule has 2 fully saturated rings. The highest BCUT2D eigenvalue weighted by Gasteiger charge is 2.49. The second kappa shape index (κ2) is 6.51. The molecule has 3 atom stereocenters. The number of fused-ring (bicyclic) bond motifs is 2. The van der Waals surface area contributed by atoms with Crippen LogP contribution in [0.4, 0.5) is 0 Å². The molecule has 5 rings (SSSR count). The van der Waals surface area contributed by atoms with Gasteiger partial charge in [-0.1, -0.05) is 48.5 Å². The molecule has 0 bridgehead atoms. The third-order valence-corrected chi connectivity index (χ3v) is 6.13. The summed E-state index contributed by atoms with van der Waals surface area (Å²) in [5.74, 6) is 0.966. The van der Waals surface area contributed by atoms with Crippen LogP contribution in [-0.4, -0.2) is 41.2 Å². The molecule has 0 spiro atoms. The van der Waals surface area contributed by atoms with E-state index in [0.29, 0.717) is 31.3 Å². The monoisotopic (exact) mass is 374 g/mol. The van der Waals surface area contributed by atoms with Gasteiger partial charge in [-0.15, -0.1) is 0 Å². The summed E-state index contributed by atoms with van der Waals surface area (Å²) in [6.45, 7) is 3.63. The Morgan fingerprint density at radius 3 is 2.46 bits per heavy atom. The number of para-hydroxylation sites is 1. The van der Waals surface area contributed by atoms with Gasteiger partial charge < -0.3 is 14.2 Å².